The fraction of sp³-hybridized carbons (Fsp3) is 0.208. The number of nitrogens with zero attached hydrogens (tertiary/aromatic N) is 1. The fourth-order valence-electron chi connectivity index (χ4n) is 3.37. The number of sulfonamides is 1. The fourth-order valence-corrected chi connectivity index (χ4v) is 4.25. The van der Waals surface area contributed by atoms with Gasteiger partial charge in [0.15, 0.2) is 0 Å². The van der Waals surface area contributed by atoms with Crippen LogP contribution in [0.5, 0.6) is 0 Å². The Morgan fingerprint density at radius 2 is 1.50 bits per heavy atom. The lowest BCUT2D eigenvalue weighted by molar-refractivity contribution is 0.102. The number of aryl methyl sites for hydroxylation is 3. The zero-order valence-electron chi connectivity index (χ0n) is 17.6. The molecule has 1 N–H and O–H groups in total. The minimum atomic E-state index is -3.49. The van der Waals surface area contributed by atoms with E-state index in [1.807, 2.05) is 63.2 Å². The molecular weight excluding hydrogens is 396 g/mol. The van der Waals surface area contributed by atoms with Crippen LogP contribution in [-0.2, 0) is 16.6 Å². The lowest BCUT2D eigenvalue weighted by Gasteiger charge is -2.23. The van der Waals surface area contributed by atoms with E-state index in [0.717, 1.165) is 27.9 Å². The summed E-state index contributed by atoms with van der Waals surface area (Å²) in [6.45, 7) is 6.15. The standard InChI is InChI=1S/C24H26N2O3S/c1-17-13-18(2)15-22(14-17)25-24(27)20-9-11-23(12-10-20)26(30(4,28)29)16-21-8-6-5-7-19(21)3/h5-15H,16H2,1-4H3,(H,25,27). The van der Waals surface area contributed by atoms with Crippen molar-refractivity contribution in [3.8, 4) is 0 Å². The molecule has 0 fully saturated rings. The average Bonchev–Trinajstić information content (AvgIpc) is 2.66. The molecular formula is C24H26N2O3S. The largest absolute Gasteiger partial charge is 0.322 e. The first-order valence-corrected chi connectivity index (χ1v) is 11.5. The summed E-state index contributed by atoms with van der Waals surface area (Å²) >= 11 is 0. The maximum Gasteiger partial charge on any atom is 0.255 e. The van der Waals surface area contributed by atoms with Gasteiger partial charge in [-0.05, 0) is 79.4 Å². The smallest absolute Gasteiger partial charge is 0.255 e. The van der Waals surface area contributed by atoms with Gasteiger partial charge in [-0.1, -0.05) is 30.3 Å². The Balaban J connectivity index is 1.82. The van der Waals surface area contributed by atoms with Crippen molar-refractivity contribution in [1.82, 2.24) is 0 Å². The Morgan fingerprint density at radius 1 is 0.900 bits per heavy atom. The molecule has 1 amide bonds. The topological polar surface area (TPSA) is 66.5 Å². The third-order valence-electron chi connectivity index (χ3n) is 4.87. The summed E-state index contributed by atoms with van der Waals surface area (Å²) in [5, 5.41) is 2.90. The van der Waals surface area contributed by atoms with E-state index in [1.165, 1.54) is 10.6 Å². The molecule has 30 heavy (non-hydrogen) atoms. The quantitative estimate of drug-likeness (QED) is 0.619. The van der Waals surface area contributed by atoms with Crippen LogP contribution in [-0.4, -0.2) is 20.6 Å². The molecule has 0 saturated carbocycles. The van der Waals surface area contributed by atoms with Gasteiger partial charge in [0.25, 0.3) is 5.91 Å². The molecule has 0 radical (unpaired) electrons. The van der Waals surface area contributed by atoms with E-state index in [0.29, 0.717) is 11.3 Å². The highest BCUT2D eigenvalue weighted by Gasteiger charge is 2.19. The number of anilines is 2. The van der Waals surface area contributed by atoms with Crippen LogP contribution in [0.25, 0.3) is 0 Å². The molecule has 3 rings (SSSR count). The lowest BCUT2D eigenvalue weighted by atomic mass is 10.1. The van der Waals surface area contributed by atoms with Gasteiger partial charge < -0.3 is 5.32 Å². The predicted octanol–water partition coefficient (Wildman–Crippen LogP) is 4.83. The van der Waals surface area contributed by atoms with E-state index < -0.39 is 10.0 Å². The number of carbonyl (C=O) groups is 1. The van der Waals surface area contributed by atoms with Crippen molar-refractivity contribution in [2.75, 3.05) is 15.9 Å². The molecule has 0 aliphatic carbocycles. The van der Waals surface area contributed by atoms with Crippen LogP contribution in [0, 0.1) is 20.8 Å². The zero-order valence-corrected chi connectivity index (χ0v) is 18.5. The maximum absolute atomic E-state index is 12.6. The number of hydrogen-bond donors (Lipinski definition) is 1. The van der Waals surface area contributed by atoms with Crippen molar-refractivity contribution in [1.29, 1.82) is 0 Å². The normalized spacial score (nSPS) is 11.2. The first kappa shape index (κ1) is 21.6. The first-order valence-electron chi connectivity index (χ1n) is 9.65. The van der Waals surface area contributed by atoms with E-state index in [2.05, 4.69) is 5.32 Å². The Morgan fingerprint density at radius 3 is 2.07 bits per heavy atom. The van der Waals surface area contributed by atoms with Crippen molar-refractivity contribution < 1.29 is 13.2 Å². The molecule has 0 heterocycles. The summed E-state index contributed by atoms with van der Waals surface area (Å²) in [5.74, 6) is -0.239. The highest BCUT2D eigenvalue weighted by atomic mass is 32.2. The molecule has 156 valence electrons. The van der Waals surface area contributed by atoms with Crippen molar-refractivity contribution in [3.05, 3.63) is 94.5 Å². The second-order valence-corrected chi connectivity index (χ2v) is 9.48. The summed E-state index contributed by atoms with van der Waals surface area (Å²) in [6, 6.07) is 20.2. The van der Waals surface area contributed by atoms with Gasteiger partial charge in [-0.2, -0.15) is 0 Å². The molecule has 0 spiro atoms. The monoisotopic (exact) mass is 422 g/mol. The Bertz CT molecular complexity index is 1150. The first-order chi connectivity index (χ1) is 14.1. The number of carbonyl (C=O) groups excluding carboxylic acids is 1. The minimum Gasteiger partial charge on any atom is -0.322 e. The third kappa shape index (κ3) is 5.27. The maximum atomic E-state index is 12.6. The summed E-state index contributed by atoms with van der Waals surface area (Å²) in [6.07, 6.45) is 1.19. The highest BCUT2D eigenvalue weighted by Crippen LogP contribution is 2.23. The lowest BCUT2D eigenvalue weighted by Crippen LogP contribution is -2.29. The second-order valence-electron chi connectivity index (χ2n) is 7.57. The van der Waals surface area contributed by atoms with E-state index in [1.54, 1.807) is 24.3 Å². The Labute approximate surface area is 178 Å². The van der Waals surface area contributed by atoms with E-state index in [-0.39, 0.29) is 12.5 Å². The molecule has 0 saturated heterocycles. The van der Waals surface area contributed by atoms with Gasteiger partial charge in [-0.3, -0.25) is 9.10 Å². The van der Waals surface area contributed by atoms with Crippen LogP contribution in [0.3, 0.4) is 0 Å². The van der Waals surface area contributed by atoms with E-state index in [9.17, 15) is 13.2 Å². The summed E-state index contributed by atoms with van der Waals surface area (Å²) in [4.78, 5) is 12.6. The minimum absolute atomic E-state index is 0.236. The van der Waals surface area contributed by atoms with Gasteiger partial charge in [-0.25, -0.2) is 8.42 Å². The van der Waals surface area contributed by atoms with E-state index >= 15 is 0 Å². The van der Waals surface area contributed by atoms with Gasteiger partial charge in [0, 0.05) is 11.3 Å². The molecule has 0 unspecified atom stereocenters. The van der Waals surface area contributed by atoms with Crippen molar-refractivity contribution in [2.45, 2.75) is 27.3 Å². The zero-order chi connectivity index (χ0) is 21.9. The number of rotatable bonds is 6. The molecule has 3 aromatic carbocycles. The van der Waals surface area contributed by atoms with Gasteiger partial charge in [0.1, 0.15) is 0 Å². The van der Waals surface area contributed by atoms with Crippen LogP contribution in [0.4, 0.5) is 11.4 Å². The predicted molar refractivity (Wildman–Crippen MR) is 123 cm³/mol. The number of amides is 1. The van der Waals surface area contributed by atoms with Gasteiger partial charge in [0.05, 0.1) is 18.5 Å². The molecule has 0 aliphatic rings. The summed E-state index contributed by atoms with van der Waals surface area (Å²) in [5.41, 5.74) is 5.81. The van der Waals surface area contributed by atoms with Crippen LogP contribution >= 0.6 is 0 Å². The van der Waals surface area contributed by atoms with Crippen LogP contribution < -0.4 is 9.62 Å². The number of nitrogens with one attached hydrogen (secondary N) is 1. The van der Waals surface area contributed by atoms with Crippen LogP contribution in [0.15, 0.2) is 66.7 Å². The highest BCUT2D eigenvalue weighted by molar-refractivity contribution is 7.92. The molecule has 3 aromatic rings. The second kappa shape index (κ2) is 8.71. The molecule has 5 nitrogen and oxygen atoms in total. The summed E-state index contributed by atoms with van der Waals surface area (Å²) < 4.78 is 26.2. The van der Waals surface area contributed by atoms with Crippen molar-refractivity contribution in [2.24, 2.45) is 0 Å². The van der Waals surface area contributed by atoms with E-state index in [4.69, 9.17) is 0 Å². The average molecular weight is 423 g/mol. The van der Waals surface area contributed by atoms with Gasteiger partial charge >= 0.3 is 0 Å². The third-order valence-corrected chi connectivity index (χ3v) is 6.01. The van der Waals surface area contributed by atoms with Crippen LogP contribution in [0.1, 0.15) is 32.6 Å². The Kier molecular flexibility index (Phi) is 6.27. The molecule has 0 aliphatic heterocycles. The number of hydrogen-bond acceptors (Lipinski definition) is 3. The summed E-state index contributed by atoms with van der Waals surface area (Å²) in [7, 11) is -3.49. The van der Waals surface area contributed by atoms with Crippen molar-refractivity contribution in [3.63, 3.8) is 0 Å². The molecule has 0 bridgehead atoms. The Hall–Kier alpha value is -3.12. The molecule has 0 atom stereocenters. The van der Waals surface area contributed by atoms with Crippen molar-refractivity contribution >= 4 is 27.3 Å². The molecule has 0 aromatic heterocycles. The number of benzene rings is 3. The van der Waals surface area contributed by atoms with Crippen LogP contribution in [0.2, 0.25) is 0 Å². The van der Waals surface area contributed by atoms with Gasteiger partial charge in [0.2, 0.25) is 10.0 Å². The SMILES string of the molecule is Cc1cc(C)cc(NC(=O)c2ccc(N(Cc3ccccc3C)S(C)(=O)=O)cc2)c1. The van der Waals surface area contributed by atoms with Gasteiger partial charge in [-0.15, -0.1) is 0 Å². The molecule has 6 heteroatoms.